The molecule has 2 N–H and O–H groups in total. The lowest BCUT2D eigenvalue weighted by atomic mass is 10.0. The van der Waals surface area contributed by atoms with Crippen molar-refractivity contribution in [3.63, 3.8) is 0 Å². The van der Waals surface area contributed by atoms with E-state index in [2.05, 4.69) is 10.5 Å². The normalized spacial score (nSPS) is 23.1. The Hall–Kier alpha value is -0.570. The van der Waals surface area contributed by atoms with Crippen molar-refractivity contribution in [1.82, 2.24) is 5.32 Å². The highest BCUT2D eigenvalue weighted by atomic mass is 16.4. The number of hydrogen-bond donors (Lipinski definition) is 2. The van der Waals surface area contributed by atoms with Gasteiger partial charge in [-0.25, -0.2) is 0 Å². The molecule has 0 aliphatic carbocycles. The minimum atomic E-state index is 0.497. The van der Waals surface area contributed by atoms with Gasteiger partial charge >= 0.3 is 0 Å². The van der Waals surface area contributed by atoms with Crippen molar-refractivity contribution in [2.45, 2.75) is 12.8 Å². The molecular formula is C6H12N2O. The molecule has 0 spiro atoms. The molecule has 52 valence electrons. The Morgan fingerprint density at radius 1 is 1.44 bits per heavy atom. The minimum absolute atomic E-state index is 0.497. The number of nitrogens with one attached hydrogen (secondary N) is 1. The molecule has 9 heavy (non-hydrogen) atoms. The van der Waals surface area contributed by atoms with Gasteiger partial charge in [0, 0.05) is 6.21 Å². The van der Waals surface area contributed by atoms with Gasteiger partial charge in [0.15, 0.2) is 0 Å². The lowest BCUT2D eigenvalue weighted by Crippen LogP contribution is -2.28. The fourth-order valence-electron chi connectivity index (χ4n) is 1.09. The van der Waals surface area contributed by atoms with Gasteiger partial charge in [-0.05, 0) is 31.8 Å². The molecular weight excluding hydrogens is 116 g/mol. The summed E-state index contributed by atoms with van der Waals surface area (Å²) in [6.07, 6.45) is 3.83. The van der Waals surface area contributed by atoms with Crippen molar-refractivity contribution in [3.05, 3.63) is 0 Å². The molecule has 3 nitrogen and oxygen atoms in total. The number of nitrogens with zero attached hydrogens (tertiary/aromatic N) is 1. The zero-order valence-corrected chi connectivity index (χ0v) is 5.38. The standard InChI is InChI=1S/C6H12N2O/c9-8-5-6-1-3-7-4-2-6/h5-7,9H,1-4H2. The Morgan fingerprint density at radius 2 is 2.11 bits per heavy atom. The largest absolute Gasteiger partial charge is 0.411 e. The van der Waals surface area contributed by atoms with Crippen molar-refractivity contribution in [1.29, 1.82) is 0 Å². The Morgan fingerprint density at radius 3 is 2.67 bits per heavy atom. The Kier molecular flexibility index (Phi) is 2.51. The van der Waals surface area contributed by atoms with E-state index in [0.29, 0.717) is 5.92 Å². The van der Waals surface area contributed by atoms with Gasteiger partial charge in [-0.2, -0.15) is 0 Å². The second-order valence-electron chi connectivity index (χ2n) is 2.35. The van der Waals surface area contributed by atoms with E-state index in [-0.39, 0.29) is 0 Å². The number of hydrogen-bond acceptors (Lipinski definition) is 3. The van der Waals surface area contributed by atoms with Crippen LogP contribution in [0, 0.1) is 5.92 Å². The van der Waals surface area contributed by atoms with E-state index in [9.17, 15) is 0 Å². The molecule has 1 aliphatic rings. The maximum Gasteiger partial charge on any atom is 0.0467 e. The van der Waals surface area contributed by atoms with Crippen molar-refractivity contribution in [3.8, 4) is 0 Å². The second-order valence-corrected chi connectivity index (χ2v) is 2.35. The SMILES string of the molecule is ON=CC1CCNCC1. The topological polar surface area (TPSA) is 44.6 Å². The summed E-state index contributed by atoms with van der Waals surface area (Å²) in [5.74, 6) is 0.497. The third kappa shape index (κ3) is 2.01. The van der Waals surface area contributed by atoms with Gasteiger partial charge in [0.25, 0.3) is 0 Å². The molecule has 0 aromatic rings. The van der Waals surface area contributed by atoms with E-state index in [0.717, 1.165) is 25.9 Å². The first-order chi connectivity index (χ1) is 4.43. The van der Waals surface area contributed by atoms with Gasteiger partial charge in [0.2, 0.25) is 0 Å². The molecule has 3 heteroatoms. The third-order valence-electron chi connectivity index (χ3n) is 1.66. The van der Waals surface area contributed by atoms with Gasteiger partial charge in [-0.3, -0.25) is 0 Å². The molecule has 0 amide bonds. The number of rotatable bonds is 1. The van der Waals surface area contributed by atoms with E-state index in [1.165, 1.54) is 0 Å². The molecule has 1 heterocycles. The van der Waals surface area contributed by atoms with Crippen molar-refractivity contribution < 1.29 is 5.21 Å². The molecule has 0 aromatic carbocycles. The highest BCUT2D eigenvalue weighted by molar-refractivity contribution is 5.59. The summed E-state index contributed by atoms with van der Waals surface area (Å²) in [6, 6.07) is 0. The molecule has 0 saturated carbocycles. The van der Waals surface area contributed by atoms with Crippen molar-refractivity contribution in [2.75, 3.05) is 13.1 Å². The summed E-state index contributed by atoms with van der Waals surface area (Å²) in [7, 11) is 0. The zero-order valence-electron chi connectivity index (χ0n) is 5.38. The van der Waals surface area contributed by atoms with E-state index in [4.69, 9.17) is 5.21 Å². The smallest absolute Gasteiger partial charge is 0.0467 e. The maximum atomic E-state index is 8.17. The van der Waals surface area contributed by atoms with Crippen LogP contribution >= 0.6 is 0 Å². The summed E-state index contributed by atoms with van der Waals surface area (Å²) in [6.45, 7) is 2.10. The van der Waals surface area contributed by atoms with Crippen LogP contribution in [0.3, 0.4) is 0 Å². The van der Waals surface area contributed by atoms with Crippen molar-refractivity contribution >= 4 is 6.21 Å². The van der Waals surface area contributed by atoms with Gasteiger partial charge in [-0.15, -0.1) is 5.16 Å². The van der Waals surface area contributed by atoms with Crippen LogP contribution < -0.4 is 5.32 Å². The van der Waals surface area contributed by atoms with Crippen LogP contribution in [0.5, 0.6) is 0 Å². The minimum Gasteiger partial charge on any atom is -0.411 e. The van der Waals surface area contributed by atoms with Crippen LogP contribution in [0.15, 0.2) is 5.16 Å². The van der Waals surface area contributed by atoms with E-state index >= 15 is 0 Å². The quantitative estimate of drug-likeness (QED) is 0.306. The predicted octanol–water partition coefficient (Wildman–Crippen LogP) is 0.446. The average Bonchev–Trinajstić information content (AvgIpc) is 1.91. The number of oxime groups is 1. The number of piperidine rings is 1. The van der Waals surface area contributed by atoms with Gasteiger partial charge in [-0.1, -0.05) is 0 Å². The molecule has 0 atom stereocenters. The molecule has 1 fully saturated rings. The highest BCUT2D eigenvalue weighted by Crippen LogP contribution is 2.07. The van der Waals surface area contributed by atoms with Crippen LogP contribution in [0.1, 0.15) is 12.8 Å². The fourth-order valence-corrected chi connectivity index (χ4v) is 1.09. The molecule has 0 bridgehead atoms. The van der Waals surface area contributed by atoms with Crippen LogP contribution in [0.2, 0.25) is 0 Å². The molecule has 0 unspecified atom stereocenters. The first-order valence-corrected chi connectivity index (χ1v) is 3.32. The molecule has 1 rings (SSSR count). The zero-order chi connectivity index (χ0) is 6.53. The monoisotopic (exact) mass is 128 g/mol. The third-order valence-corrected chi connectivity index (χ3v) is 1.66. The van der Waals surface area contributed by atoms with Crippen LogP contribution in [0.25, 0.3) is 0 Å². The summed E-state index contributed by atoms with van der Waals surface area (Å²) < 4.78 is 0. The lowest BCUT2D eigenvalue weighted by molar-refractivity contribution is 0.315. The lowest BCUT2D eigenvalue weighted by Gasteiger charge is -2.17. The van der Waals surface area contributed by atoms with Crippen LogP contribution in [-0.4, -0.2) is 24.5 Å². The van der Waals surface area contributed by atoms with E-state index in [1.54, 1.807) is 6.21 Å². The van der Waals surface area contributed by atoms with Gasteiger partial charge in [0.1, 0.15) is 0 Å². The van der Waals surface area contributed by atoms with Gasteiger partial charge < -0.3 is 10.5 Å². The first kappa shape index (κ1) is 6.55. The summed E-state index contributed by atoms with van der Waals surface area (Å²) in [5, 5.41) is 14.4. The van der Waals surface area contributed by atoms with Crippen LogP contribution in [0.4, 0.5) is 0 Å². The molecule has 0 aromatic heterocycles. The Labute approximate surface area is 54.8 Å². The molecule has 1 aliphatic heterocycles. The second kappa shape index (κ2) is 3.45. The maximum absolute atomic E-state index is 8.17. The van der Waals surface area contributed by atoms with Crippen LogP contribution in [-0.2, 0) is 0 Å². The fraction of sp³-hybridized carbons (Fsp3) is 0.833. The molecule has 0 radical (unpaired) electrons. The predicted molar refractivity (Wildman–Crippen MR) is 35.9 cm³/mol. The average molecular weight is 128 g/mol. The van der Waals surface area contributed by atoms with E-state index in [1.807, 2.05) is 0 Å². The highest BCUT2D eigenvalue weighted by Gasteiger charge is 2.09. The first-order valence-electron chi connectivity index (χ1n) is 3.32. The van der Waals surface area contributed by atoms with Gasteiger partial charge in [0.05, 0.1) is 0 Å². The summed E-state index contributed by atoms with van der Waals surface area (Å²) in [4.78, 5) is 0. The van der Waals surface area contributed by atoms with E-state index < -0.39 is 0 Å². The Balaban J connectivity index is 2.23. The molecule has 1 saturated heterocycles. The van der Waals surface area contributed by atoms with Crippen molar-refractivity contribution in [2.24, 2.45) is 11.1 Å². The summed E-state index contributed by atoms with van der Waals surface area (Å²) >= 11 is 0. The Bertz CT molecular complexity index is 97.2. The summed E-state index contributed by atoms with van der Waals surface area (Å²) in [5.41, 5.74) is 0.